The smallest absolute Gasteiger partial charge is 0.133 e. The molecule has 1 fully saturated rings. The summed E-state index contributed by atoms with van der Waals surface area (Å²) in [5.74, 6) is 1.49. The zero-order valence-electron chi connectivity index (χ0n) is 7.99. The van der Waals surface area contributed by atoms with Crippen LogP contribution in [0.2, 0.25) is 0 Å². The number of hydrogen-bond acceptors (Lipinski definition) is 3. The Morgan fingerprint density at radius 2 is 2.08 bits per heavy atom. The fraction of sp³-hybridized carbons (Fsp3) is 0.700. The lowest BCUT2D eigenvalue weighted by Crippen LogP contribution is -2.25. The highest BCUT2D eigenvalue weighted by Gasteiger charge is 2.22. The van der Waals surface area contributed by atoms with Gasteiger partial charge in [-0.1, -0.05) is 5.16 Å². The molecule has 1 aliphatic carbocycles. The van der Waals surface area contributed by atoms with E-state index in [1.807, 2.05) is 13.0 Å². The van der Waals surface area contributed by atoms with Crippen molar-refractivity contribution >= 4 is 0 Å². The fourth-order valence-electron chi connectivity index (χ4n) is 1.99. The van der Waals surface area contributed by atoms with Gasteiger partial charge in [0, 0.05) is 18.0 Å². The third-order valence-corrected chi connectivity index (χ3v) is 2.84. The molecule has 1 aromatic rings. The summed E-state index contributed by atoms with van der Waals surface area (Å²) >= 11 is 0. The molecular weight excluding hydrogens is 164 g/mol. The van der Waals surface area contributed by atoms with Crippen LogP contribution in [0.4, 0.5) is 0 Å². The van der Waals surface area contributed by atoms with E-state index < -0.39 is 0 Å². The zero-order valence-corrected chi connectivity index (χ0v) is 7.99. The summed E-state index contributed by atoms with van der Waals surface area (Å²) < 4.78 is 5.06. The Balaban J connectivity index is 2.02. The quantitative estimate of drug-likeness (QED) is 0.718. The first-order valence-corrected chi connectivity index (χ1v) is 4.94. The van der Waals surface area contributed by atoms with E-state index in [9.17, 15) is 0 Å². The van der Waals surface area contributed by atoms with E-state index in [-0.39, 0.29) is 0 Å². The molecule has 2 rings (SSSR count). The van der Waals surface area contributed by atoms with E-state index in [4.69, 9.17) is 10.3 Å². The van der Waals surface area contributed by atoms with Crippen LogP contribution >= 0.6 is 0 Å². The highest BCUT2D eigenvalue weighted by molar-refractivity contribution is 5.10. The van der Waals surface area contributed by atoms with Crippen molar-refractivity contribution in [3.8, 4) is 0 Å². The first-order chi connectivity index (χ1) is 6.25. The maximum atomic E-state index is 5.84. The van der Waals surface area contributed by atoms with E-state index in [1.165, 1.54) is 0 Å². The van der Waals surface area contributed by atoms with Crippen molar-refractivity contribution in [1.82, 2.24) is 5.16 Å². The van der Waals surface area contributed by atoms with Crippen LogP contribution in [-0.2, 0) is 0 Å². The summed E-state index contributed by atoms with van der Waals surface area (Å²) in [4.78, 5) is 0. The minimum atomic E-state index is 0.407. The highest BCUT2D eigenvalue weighted by Crippen LogP contribution is 2.31. The zero-order chi connectivity index (χ0) is 9.26. The Labute approximate surface area is 78.3 Å². The van der Waals surface area contributed by atoms with E-state index in [1.54, 1.807) is 0 Å². The van der Waals surface area contributed by atoms with E-state index >= 15 is 0 Å². The van der Waals surface area contributed by atoms with Gasteiger partial charge in [0.05, 0.1) is 5.69 Å². The van der Waals surface area contributed by atoms with Gasteiger partial charge in [-0.15, -0.1) is 0 Å². The van der Waals surface area contributed by atoms with Gasteiger partial charge in [0.1, 0.15) is 5.76 Å². The van der Waals surface area contributed by atoms with Crippen molar-refractivity contribution in [2.24, 2.45) is 5.73 Å². The van der Waals surface area contributed by atoms with Gasteiger partial charge in [0.2, 0.25) is 0 Å². The third-order valence-electron chi connectivity index (χ3n) is 2.84. The minimum Gasteiger partial charge on any atom is -0.361 e. The predicted molar refractivity (Wildman–Crippen MR) is 50.4 cm³/mol. The average molecular weight is 180 g/mol. The molecule has 0 unspecified atom stereocenters. The molecule has 13 heavy (non-hydrogen) atoms. The molecule has 0 aromatic carbocycles. The van der Waals surface area contributed by atoms with Crippen LogP contribution in [0, 0.1) is 6.92 Å². The predicted octanol–water partition coefficient (Wildman–Crippen LogP) is 1.97. The van der Waals surface area contributed by atoms with E-state index in [0.717, 1.165) is 37.1 Å². The van der Waals surface area contributed by atoms with Crippen LogP contribution in [0.15, 0.2) is 10.6 Å². The number of rotatable bonds is 1. The molecule has 2 N–H and O–H groups in total. The molecule has 0 bridgehead atoms. The Bertz CT molecular complexity index is 274. The Morgan fingerprint density at radius 1 is 1.38 bits per heavy atom. The van der Waals surface area contributed by atoms with Gasteiger partial charge >= 0.3 is 0 Å². The molecule has 0 amide bonds. The minimum absolute atomic E-state index is 0.407. The van der Waals surface area contributed by atoms with E-state index in [2.05, 4.69) is 5.16 Å². The number of aryl methyl sites for hydroxylation is 1. The molecule has 0 saturated heterocycles. The van der Waals surface area contributed by atoms with Crippen molar-refractivity contribution in [2.75, 3.05) is 0 Å². The molecule has 0 radical (unpaired) electrons. The second kappa shape index (κ2) is 3.50. The molecule has 1 aromatic heterocycles. The Morgan fingerprint density at radius 3 is 2.62 bits per heavy atom. The standard InChI is InChI=1S/C10H16N2O/c1-7-6-10(12-13-7)8-2-4-9(11)5-3-8/h6,8-9H,2-5,11H2,1H3. The van der Waals surface area contributed by atoms with Gasteiger partial charge in [-0.3, -0.25) is 0 Å². The average Bonchev–Trinajstić information content (AvgIpc) is 2.53. The summed E-state index contributed by atoms with van der Waals surface area (Å²) in [6.45, 7) is 1.94. The van der Waals surface area contributed by atoms with Gasteiger partial charge in [0.15, 0.2) is 0 Å². The van der Waals surface area contributed by atoms with Crippen LogP contribution in [0.25, 0.3) is 0 Å². The first kappa shape index (κ1) is 8.75. The lowest BCUT2D eigenvalue weighted by atomic mass is 9.84. The SMILES string of the molecule is Cc1cc(C2CCC(N)CC2)no1. The number of nitrogens with zero attached hydrogens (tertiary/aromatic N) is 1. The number of nitrogens with two attached hydrogens (primary N) is 1. The lowest BCUT2D eigenvalue weighted by molar-refractivity contribution is 0.353. The molecule has 3 nitrogen and oxygen atoms in total. The van der Waals surface area contributed by atoms with Gasteiger partial charge in [-0.2, -0.15) is 0 Å². The molecule has 1 saturated carbocycles. The van der Waals surface area contributed by atoms with Crippen LogP contribution < -0.4 is 5.73 Å². The summed E-state index contributed by atoms with van der Waals surface area (Å²) in [5, 5.41) is 4.05. The Hall–Kier alpha value is -0.830. The molecule has 3 heteroatoms. The van der Waals surface area contributed by atoms with E-state index in [0.29, 0.717) is 12.0 Å². The third kappa shape index (κ3) is 1.91. The molecule has 0 atom stereocenters. The molecule has 0 aliphatic heterocycles. The van der Waals surface area contributed by atoms with Crippen LogP contribution in [0.1, 0.15) is 43.1 Å². The molecule has 1 aliphatic rings. The Kier molecular flexibility index (Phi) is 2.36. The van der Waals surface area contributed by atoms with Gasteiger partial charge < -0.3 is 10.3 Å². The van der Waals surface area contributed by atoms with Crippen molar-refractivity contribution in [2.45, 2.75) is 44.6 Å². The molecular formula is C10H16N2O. The summed E-state index contributed by atoms with van der Waals surface area (Å²) in [5.41, 5.74) is 6.95. The monoisotopic (exact) mass is 180 g/mol. The largest absolute Gasteiger partial charge is 0.361 e. The molecule has 1 heterocycles. The maximum Gasteiger partial charge on any atom is 0.133 e. The lowest BCUT2D eigenvalue weighted by Gasteiger charge is -2.24. The van der Waals surface area contributed by atoms with Crippen LogP contribution in [0.3, 0.4) is 0 Å². The van der Waals surface area contributed by atoms with Crippen LogP contribution in [0.5, 0.6) is 0 Å². The second-order valence-corrected chi connectivity index (χ2v) is 3.97. The second-order valence-electron chi connectivity index (χ2n) is 3.97. The fourth-order valence-corrected chi connectivity index (χ4v) is 1.99. The van der Waals surface area contributed by atoms with Crippen molar-refractivity contribution in [3.05, 3.63) is 17.5 Å². The normalized spacial score (nSPS) is 29.1. The molecule has 72 valence electrons. The maximum absolute atomic E-state index is 5.84. The van der Waals surface area contributed by atoms with Gasteiger partial charge in [-0.25, -0.2) is 0 Å². The number of hydrogen-bond donors (Lipinski definition) is 1. The van der Waals surface area contributed by atoms with Crippen molar-refractivity contribution < 1.29 is 4.52 Å². The van der Waals surface area contributed by atoms with Gasteiger partial charge in [-0.05, 0) is 32.6 Å². The van der Waals surface area contributed by atoms with Crippen molar-refractivity contribution in [3.63, 3.8) is 0 Å². The highest BCUT2D eigenvalue weighted by atomic mass is 16.5. The number of aromatic nitrogens is 1. The first-order valence-electron chi connectivity index (χ1n) is 4.94. The van der Waals surface area contributed by atoms with Crippen molar-refractivity contribution in [1.29, 1.82) is 0 Å². The van der Waals surface area contributed by atoms with Crippen LogP contribution in [-0.4, -0.2) is 11.2 Å². The molecule has 0 spiro atoms. The van der Waals surface area contributed by atoms with Gasteiger partial charge in [0.25, 0.3) is 0 Å². The topological polar surface area (TPSA) is 52.0 Å². The summed E-state index contributed by atoms with van der Waals surface area (Å²) in [6, 6.07) is 2.45. The summed E-state index contributed by atoms with van der Waals surface area (Å²) in [7, 11) is 0. The summed E-state index contributed by atoms with van der Waals surface area (Å²) in [6.07, 6.45) is 4.56.